The third-order valence-corrected chi connectivity index (χ3v) is 8.23. The lowest BCUT2D eigenvalue weighted by Crippen LogP contribution is -2.49. The van der Waals surface area contributed by atoms with Crippen LogP contribution >= 0.6 is 0 Å². The number of rotatable bonds is 6. The molecule has 1 unspecified atom stereocenters. The fourth-order valence-electron chi connectivity index (χ4n) is 5.44. The SMILES string of the molecule is C[S+]([O-])c1nc2c(c(N3CCN(C(=O)O)CC3)n1)CCN(c1cc(OCc3ccccc3)cc3ccccc13)C2. The minimum Gasteiger partial charge on any atom is -0.609 e. The van der Waals surface area contributed by atoms with Gasteiger partial charge in [0.2, 0.25) is 0 Å². The average molecular weight is 558 g/mol. The minimum absolute atomic E-state index is 0.307. The Morgan fingerprint density at radius 1 is 0.975 bits per heavy atom. The van der Waals surface area contributed by atoms with E-state index in [2.05, 4.69) is 46.2 Å². The van der Waals surface area contributed by atoms with Crippen molar-refractivity contribution >= 4 is 39.5 Å². The molecule has 1 fully saturated rings. The summed E-state index contributed by atoms with van der Waals surface area (Å²) in [6.45, 7) is 3.70. The van der Waals surface area contributed by atoms with Crippen molar-refractivity contribution in [2.45, 2.75) is 24.7 Å². The molecule has 2 aliphatic heterocycles. The number of benzene rings is 3. The third kappa shape index (κ3) is 5.37. The molecule has 0 saturated carbocycles. The van der Waals surface area contributed by atoms with Gasteiger partial charge in [-0.25, -0.2) is 4.79 Å². The number of carboxylic acid groups (broad SMARTS) is 1. The van der Waals surface area contributed by atoms with Crippen LogP contribution in [0.5, 0.6) is 5.75 Å². The molecule has 4 aromatic rings. The first-order valence-corrected chi connectivity index (χ1v) is 14.9. The van der Waals surface area contributed by atoms with Crippen molar-refractivity contribution in [1.29, 1.82) is 0 Å². The van der Waals surface area contributed by atoms with Crippen LogP contribution < -0.4 is 14.5 Å². The van der Waals surface area contributed by atoms with Crippen molar-refractivity contribution in [3.63, 3.8) is 0 Å². The number of hydrogen-bond acceptors (Lipinski definition) is 7. The fourth-order valence-corrected chi connectivity index (χ4v) is 5.90. The molecular weight excluding hydrogens is 526 g/mol. The lowest BCUT2D eigenvalue weighted by atomic mass is 10.0. The van der Waals surface area contributed by atoms with Gasteiger partial charge in [-0.05, 0) is 23.4 Å². The second-order valence-electron chi connectivity index (χ2n) is 10.1. The summed E-state index contributed by atoms with van der Waals surface area (Å²) >= 11 is -1.35. The highest BCUT2D eigenvalue weighted by Gasteiger charge is 2.30. The molecule has 3 aromatic carbocycles. The predicted molar refractivity (Wildman–Crippen MR) is 156 cm³/mol. The molecule has 0 bridgehead atoms. The molecule has 9 nitrogen and oxygen atoms in total. The first-order chi connectivity index (χ1) is 19.5. The number of nitrogens with zero attached hydrogens (tertiary/aromatic N) is 5. The minimum atomic E-state index is -1.35. The quantitative estimate of drug-likeness (QED) is 0.276. The molecule has 1 aromatic heterocycles. The topological polar surface area (TPSA) is 105 Å². The normalized spacial score (nSPS) is 16.1. The molecule has 2 aliphatic rings. The Labute approximate surface area is 236 Å². The van der Waals surface area contributed by atoms with Crippen molar-refractivity contribution in [3.8, 4) is 5.75 Å². The van der Waals surface area contributed by atoms with Gasteiger partial charge in [-0.1, -0.05) is 54.6 Å². The molecule has 6 rings (SSSR count). The second-order valence-corrected chi connectivity index (χ2v) is 11.3. The number of anilines is 2. The molecule has 10 heteroatoms. The van der Waals surface area contributed by atoms with Crippen molar-refractivity contribution < 1.29 is 19.2 Å². The maximum absolute atomic E-state index is 12.5. The molecule has 1 atom stereocenters. The van der Waals surface area contributed by atoms with Crippen molar-refractivity contribution in [2.75, 3.05) is 48.8 Å². The van der Waals surface area contributed by atoms with Crippen LogP contribution in [0.4, 0.5) is 16.3 Å². The van der Waals surface area contributed by atoms with Gasteiger partial charge in [0.1, 0.15) is 24.4 Å². The maximum atomic E-state index is 12.5. The van der Waals surface area contributed by atoms with Crippen LogP contribution in [0.3, 0.4) is 0 Å². The van der Waals surface area contributed by atoms with Crippen LogP contribution in [-0.2, 0) is 30.7 Å². The number of piperazine rings is 1. The van der Waals surface area contributed by atoms with Crippen molar-refractivity contribution in [1.82, 2.24) is 14.9 Å². The van der Waals surface area contributed by atoms with Gasteiger partial charge in [-0.3, -0.25) is 0 Å². The maximum Gasteiger partial charge on any atom is 0.407 e. The molecular formula is C30H31N5O4S. The van der Waals surface area contributed by atoms with Gasteiger partial charge in [-0.15, -0.1) is 0 Å². The summed E-state index contributed by atoms with van der Waals surface area (Å²) in [4.78, 5) is 26.7. The zero-order valence-corrected chi connectivity index (χ0v) is 23.1. The number of aromatic nitrogens is 2. The lowest BCUT2D eigenvalue weighted by molar-refractivity contribution is 0.142. The van der Waals surface area contributed by atoms with E-state index in [-0.39, 0.29) is 0 Å². The highest BCUT2D eigenvalue weighted by molar-refractivity contribution is 7.90. The Hall–Kier alpha value is -4.02. The van der Waals surface area contributed by atoms with E-state index in [1.54, 1.807) is 6.26 Å². The Balaban J connectivity index is 1.31. The summed E-state index contributed by atoms with van der Waals surface area (Å²) in [5.41, 5.74) is 4.09. The van der Waals surface area contributed by atoms with Gasteiger partial charge in [0, 0.05) is 66.6 Å². The molecule has 3 heterocycles. The highest BCUT2D eigenvalue weighted by Crippen LogP contribution is 2.36. The number of fused-ring (bicyclic) bond motifs is 2. The van der Waals surface area contributed by atoms with E-state index < -0.39 is 17.3 Å². The molecule has 1 N–H and O–H groups in total. The van der Waals surface area contributed by atoms with Crippen LogP contribution in [0.2, 0.25) is 0 Å². The van der Waals surface area contributed by atoms with E-state index in [0.717, 1.165) is 57.8 Å². The van der Waals surface area contributed by atoms with E-state index in [9.17, 15) is 14.5 Å². The first-order valence-electron chi connectivity index (χ1n) is 13.4. The first kappa shape index (κ1) is 26.2. The molecule has 0 radical (unpaired) electrons. The number of ether oxygens (including phenoxy) is 1. The summed E-state index contributed by atoms with van der Waals surface area (Å²) in [6.07, 6.45) is 1.41. The van der Waals surface area contributed by atoms with Crippen LogP contribution in [0, 0.1) is 0 Å². The third-order valence-electron chi connectivity index (χ3n) is 7.53. The summed E-state index contributed by atoms with van der Waals surface area (Å²) < 4.78 is 18.7. The largest absolute Gasteiger partial charge is 0.609 e. The second kappa shape index (κ2) is 11.2. The zero-order valence-electron chi connectivity index (χ0n) is 22.3. The number of amides is 1. The van der Waals surface area contributed by atoms with E-state index >= 15 is 0 Å². The van der Waals surface area contributed by atoms with Crippen LogP contribution in [0.25, 0.3) is 10.8 Å². The molecule has 0 spiro atoms. The zero-order chi connectivity index (χ0) is 27.6. The molecule has 40 heavy (non-hydrogen) atoms. The summed E-state index contributed by atoms with van der Waals surface area (Å²) in [6, 6.07) is 22.6. The van der Waals surface area contributed by atoms with E-state index in [1.807, 2.05) is 30.3 Å². The van der Waals surface area contributed by atoms with Gasteiger partial charge in [-0.2, -0.15) is 9.97 Å². The van der Waals surface area contributed by atoms with Gasteiger partial charge in [0.15, 0.2) is 0 Å². The lowest BCUT2D eigenvalue weighted by Gasteiger charge is -2.37. The van der Waals surface area contributed by atoms with E-state index in [0.29, 0.717) is 44.5 Å². The average Bonchev–Trinajstić information content (AvgIpc) is 2.99. The molecule has 0 aliphatic carbocycles. The highest BCUT2D eigenvalue weighted by atomic mass is 32.2. The Morgan fingerprint density at radius 2 is 1.73 bits per heavy atom. The Kier molecular flexibility index (Phi) is 7.36. The van der Waals surface area contributed by atoms with Crippen LogP contribution in [0.15, 0.2) is 71.9 Å². The standard InChI is InChI=1S/C30H31N5O4S/c1-40(38)29-31-26-19-35(12-11-25(26)28(32-29)33-13-15-34(16-14-33)30(36)37)27-18-23(17-22-9-5-6-10-24(22)27)39-20-21-7-3-2-4-8-21/h2-10,17-18H,11-16,19-20H2,1H3,(H,36,37). The summed E-state index contributed by atoms with van der Waals surface area (Å²) in [5, 5.41) is 11.9. The van der Waals surface area contributed by atoms with E-state index in [1.165, 1.54) is 4.90 Å². The smallest absolute Gasteiger partial charge is 0.407 e. The summed E-state index contributed by atoms with van der Waals surface area (Å²) in [5.74, 6) is 1.59. The number of hydrogen-bond donors (Lipinski definition) is 1. The van der Waals surface area contributed by atoms with Gasteiger partial charge < -0.3 is 29.1 Å². The Bertz CT molecular complexity index is 1530. The fraction of sp³-hybridized carbons (Fsp3) is 0.300. The predicted octanol–water partition coefficient (Wildman–Crippen LogP) is 4.31. The molecule has 1 amide bonds. The summed E-state index contributed by atoms with van der Waals surface area (Å²) in [7, 11) is 0. The Morgan fingerprint density at radius 3 is 2.48 bits per heavy atom. The van der Waals surface area contributed by atoms with Crippen molar-refractivity contribution in [2.24, 2.45) is 0 Å². The van der Waals surface area contributed by atoms with Gasteiger partial charge in [0.25, 0.3) is 0 Å². The van der Waals surface area contributed by atoms with Crippen LogP contribution in [0.1, 0.15) is 16.8 Å². The van der Waals surface area contributed by atoms with Gasteiger partial charge in [0.05, 0.1) is 12.2 Å². The van der Waals surface area contributed by atoms with Crippen molar-refractivity contribution in [3.05, 3.63) is 83.6 Å². The van der Waals surface area contributed by atoms with E-state index in [4.69, 9.17) is 14.7 Å². The molecule has 1 saturated heterocycles. The van der Waals surface area contributed by atoms with Gasteiger partial charge >= 0.3 is 11.2 Å². The van der Waals surface area contributed by atoms with Crippen LogP contribution in [-0.4, -0.2) is 69.6 Å². The monoisotopic (exact) mass is 557 g/mol. The molecule has 206 valence electrons. The number of carbonyl (C=O) groups is 1.